The van der Waals surface area contributed by atoms with E-state index in [4.69, 9.17) is 14.6 Å². The molecule has 0 aliphatic heterocycles. The number of para-hydroxylation sites is 3. The highest BCUT2D eigenvalue weighted by molar-refractivity contribution is 6.21. The Labute approximate surface area is 355 Å². The molecule has 0 fully saturated rings. The van der Waals surface area contributed by atoms with Crippen molar-refractivity contribution in [2.24, 2.45) is 0 Å². The third-order valence-corrected chi connectivity index (χ3v) is 12.4. The summed E-state index contributed by atoms with van der Waals surface area (Å²) < 4.78 is 13.6. The lowest BCUT2D eigenvalue weighted by molar-refractivity contribution is 0.671. The van der Waals surface area contributed by atoms with Crippen molar-refractivity contribution in [1.29, 1.82) is 0 Å². The average molecular weight is 794 g/mol. The van der Waals surface area contributed by atoms with Crippen molar-refractivity contribution in [3.05, 3.63) is 212 Å². The average Bonchev–Trinajstić information content (AvgIpc) is 4.12. The molecule has 0 aliphatic carbocycles. The summed E-state index contributed by atoms with van der Waals surface area (Å²) in [6.45, 7) is 0. The van der Waals surface area contributed by atoms with Gasteiger partial charge in [-0.1, -0.05) is 146 Å². The zero-order valence-electron chi connectivity index (χ0n) is 33.4. The van der Waals surface area contributed by atoms with E-state index in [1.807, 2.05) is 42.5 Å². The fourth-order valence-corrected chi connectivity index (χ4v) is 9.60. The normalized spacial score (nSPS) is 11.9. The largest absolute Gasteiger partial charge is 0.454 e. The predicted octanol–water partition coefficient (Wildman–Crippen LogP) is 14.4. The Balaban J connectivity index is 0.965. The lowest BCUT2D eigenvalue weighted by atomic mass is 10.0. The van der Waals surface area contributed by atoms with E-state index >= 15 is 0 Å². The molecule has 0 aliphatic rings. The fraction of sp³-hybridized carbons (Fsp3) is 0. The zero-order valence-corrected chi connectivity index (χ0v) is 33.4. The highest BCUT2D eigenvalue weighted by Gasteiger charge is 2.21. The van der Waals surface area contributed by atoms with E-state index < -0.39 is 0 Å². The molecule has 0 bridgehead atoms. The smallest absolute Gasteiger partial charge is 0.168 e. The number of aromatic nitrogens is 5. The molecule has 0 N–H and O–H groups in total. The molecular formula is C56H35N5O. The quantitative estimate of drug-likeness (QED) is 0.168. The summed E-state index contributed by atoms with van der Waals surface area (Å²) in [5.41, 5.74) is 13.7. The molecule has 0 radical (unpaired) electrons. The first kappa shape index (κ1) is 34.4. The van der Waals surface area contributed by atoms with Crippen LogP contribution in [0.3, 0.4) is 0 Å². The van der Waals surface area contributed by atoms with Gasteiger partial charge >= 0.3 is 0 Å². The predicted molar refractivity (Wildman–Crippen MR) is 254 cm³/mol. The van der Waals surface area contributed by atoms with Gasteiger partial charge in [0.25, 0.3) is 0 Å². The minimum atomic E-state index is 0.797. The van der Waals surface area contributed by atoms with Crippen molar-refractivity contribution in [3.63, 3.8) is 0 Å². The number of nitrogens with zero attached hydrogens (tertiary/aromatic N) is 5. The summed E-state index contributed by atoms with van der Waals surface area (Å²) in [7, 11) is 0. The van der Waals surface area contributed by atoms with Gasteiger partial charge in [-0.2, -0.15) is 0 Å². The third-order valence-electron chi connectivity index (χ3n) is 12.4. The topological polar surface area (TPSA) is 53.7 Å². The van der Waals surface area contributed by atoms with Gasteiger partial charge in [0, 0.05) is 54.8 Å². The van der Waals surface area contributed by atoms with Crippen LogP contribution in [0.25, 0.3) is 117 Å². The molecule has 0 spiro atoms. The number of fused-ring (bicyclic) bond motifs is 10. The summed E-state index contributed by atoms with van der Waals surface area (Å²) in [4.78, 5) is 0. The van der Waals surface area contributed by atoms with Crippen molar-refractivity contribution in [1.82, 2.24) is 23.9 Å². The van der Waals surface area contributed by atoms with Crippen LogP contribution in [-0.4, -0.2) is 23.9 Å². The maximum atomic E-state index is 6.65. The summed E-state index contributed by atoms with van der Waals surface area (Å²) in [5, 5.41) is 16.4. The molecule has 0 saturated carbocycles. The molecule has 6 heteroatoms. The molecule has 6 nitrogen and oxygen atoms in total. The SMILES string of the molecule is c1ccc(-c2nnc(-c3ccccc3)n2-c2ccc3c(c2)c2ccccc2n3-c2cccc(-c3cccc(-n4c5ccccc5c5ccc6c7ccccc7oc6c54)c3)c2)cc1. The molecule has 13 rings (SSSR count). The van der Waals surface area contributed by atoms with E-state index in [1.54, 1.807) is 0 Å². The number of hydrogen-bond donors (Lipinski definition) is 0. The van der Waals surface area contributed by atoms with Crippen molar-refractivity contribution >= 4 is 65.6 Å². The first-order chi connectivity index (χ1) is 30.8. The van der Waals surface area contributed by atoms with Crippen molar-refractivity contribution in [2.45, 2.75) is 0 Å². The van der Waals surface area contributed by atoms with Gasteiger partial charge in [-0.15, -0.1) is 10.2 Å². The summed E-state index contributed by atoms with van der Waals surface area (Å²) >= 11 is 0. The maximum Gasteiger partial charge on any atom is 0.168 e. The van der Waals surface area contributed by atoms with Crippen molar-refractivity contribution < 1.29 is 4.42 Å². The van der Waals surface area contributed by atoms with Crippen LogP contribution in [0.4, 0.5) is 0 Å². The van der Waals surface area contributed by atoms with Crippen LogP contribution < -0.4 is 0 Å². The van der Waals surface area contributed by atoms with Crippen LogP contribution in [0.2, 0.25) is 0 Å². The number of rotatable bonds is 6. The Kier molecular flexibility index (Phi) is 7.50. The Bertz CT molecular complexity index is 3810. The molecule has 0 unspecified atom stereocenters. The molecule has 0 saturated heterocycles. The van der Waals surface area contributed by atoms with Gasteiger partial charge in [-0.3, -0.25) is 4.57 Å². The Morgan fingerprint density at radius 1 is 0.306 bits per heavy atom. The molecule has 13 aromatic rings. The molecule has 9 aromatic carbocycles. The monoisotopic (exact) mass is 793 g/mol. The lowest BCUT2D eigenvalue weighted by Gasteiger charge is -2.13. The van der Waals surface area contributed by atoms with Gasteiger partial charge in [-0.05, 0) is 77.9 Å². The van der Waals surface area contributed by atoms with Crippen molar-refractivity contribution in [3.8, 4) is 51.0 Å². The molecule has 4 aromatic heterocycles. The van der Waals surface area contributed by atoms with Gasteiger partial charge in [0.05, 0.1) is 27.8 Å². The molecule has 62 heavy (non-hydrogen) atoms. The van der Waals surface area contributed by atoms with Crippen LogP contribution in [-0.2, 0) is 0 Å². The minimum Gasteiger partial charge on any atom is -0.454 e. The highest BCUT2D eigenvalue weighted by Crippen LogP contribution is 2.41. The molecule has 290 valence electrons. The summed E-state index contributed by atoms with van der Waals surface area (Å²) in [5.74, 6) is 1.59. The Morgan fingerprint density at radius 2 is 0.806 bits per heavy atom. The number of furan rings is 1. The van der Waals surface area contributed by atoms with Crippen LogP contribution in [0.5, 0.6) is 0 Å². The van der Waals surface area contributed by atoms with Gasteiger partial charge in [0.2, 0.25) is 0 Å². The third kappa shape index (κ3) is 5.17. The van der Waals surface area contributed by atoms with Crippen LogP contribution >= 0.6 is 0 Å². The highest BCUT2D eigenvalue weighted by atomic mass is 16.3. The van der Waals surface area contributed by atoms with Crippen LogP contribution in [0.1, 0.15) is 0 Å². The second-order valence-corrected chi connectivity index (χ2v) is 15.9. The minimum absolute atomic E-state index is 0.797. The first-order valence-corrected chi connectivity index (χ1v) is 20.9. The summed E-state index contributed by atoms with van der Waals surface area (Å²) in [6.07, 6.45) is 0. The lowest BCUT2D eigenvalue weighted by Crippen LogP contribution is -2.01. The number of hydrogen-bond acceptors (Lipinski definition) is 3. The summed E-state index contributed by atoms with van der Waals surface area (Å²) in [6, 6.07) is 75.2. The Morgan fingerprint density at radius 3 is 1.48 bits per heavy atom. The number of benzene rings is 9. The fourth-order valence-electron chi connectivity index (χ4n) is 9.60. The molecule has 0 atom stereocenters. The maximum absolute atomic E-state index is 6.65. The second-order valence-electron chi connectivity index (χ2n) is 15.9. The van der Waals surface area contributed by atoms with Gasteiger partial charge in [-0.25, -0.2) is 0 Å². The van der Waals surface area contributed by atoms with Crippen LogP contribution in [0.15, 0.2) is 217 Å². The van der Waals surface area contributed by atoms with Crippen LogP contribution in [0, 0.1) is 0 Å². The van der Waals surface area contributed by atoms with E-state index in [0.717, 1.165) is 100 Å². The van der Waals surface area contributed by atoms with E-state index in [1.165, 1.54) is 16.2 Å². The van der Waals surface area contributed by atoms with Gasteiger partial charge in [0.15, 0.2) is 17.2 Å². The van der Waals surface area contributed by atoms with E-state index in [9.17, 15) is 0 Å². The zero-order chi connectivity index (χ0) is 40.7. The van der Waals surface area contributed by atoms with E-state index in [-0.39, 0.29) is 0 Å². The Hall–Kier alpha value is -8.48. The standard InChI is InChI=1S/C56H35N5O/c1-3-15-36(16-4-1)55-57-58-56(37-17-5-2-6-18-37)61(55)42-29-32-51-48(35-42)44-24-8-10-26-49(44)59(51)40-21-13-19-38(33-40)39-20-14-22-41(34-39)60-50-27-11-7-23-43(50)46-30-31-47-45-25-9-12-28-52(45)62-54(47)53(46)60/h1-35H. The van der Waals surface area contributed by atoms with Gasteiger partial charge in [0.1, 0.15) is 5.58 Å². The first-order valence-electron chi connectivity index (χ1n) is 20.9. The molecule has 4 heterocycles. The van der Waals surface area contributed by atoms with Gasteiger partial charge < -0.3 is 13.6 Å². The molecular weight excluding hydrogens is 759 g/mol. The van der Waals surface area contributed by atoms with E-state index in [0.29, 0.717) is 0 Å². The van der Waals surface area contributed by atoms with Crippen molar-refractivity contribution in [2.75, 3.05) is 0 Å². The molecule has 0 amide bonds. The van der Waals surface area contributed by atoms with E-state index in [2.05, 4.69) is 184 Å². The second kappa shape index (κ2) is 13.5.